The average Bonchev–Trinajstić information content (AvgIpc) is 3.23. The number of aromatic nitrogens is 3. The van der Waals surface area contributed by atoms with Gasteiger partial charge in [-0.15, -0.1) is 5.10 Å². The number of fused-ring (bicyclic) bond motifs is 1. The van der Waals surface area contributed by atoms with Crippen LogP contribution in [0, 0.1) is 6.92 Å². The Morgan fingerprint density at radius 3 is 2.61 bits per heavy atom. The standard InChI is InChI=1S/C26H31N5O2/c1-18-25(29-31(28-18)21-8-4-3-5-9-21)26(32)27-20-12-11-19-7-6-10-24(23(19)17-20)33-22-13-15-30(2)16-14-22/h3-10,20,22H,11-17H2,1-2H3,(H,27,32)/t20-/m1/s1. The van der Waals surface area contributed by atoms with Gasteiger partial charge in [-0.1, -0.05) is 30.3 Å². The molecule has 1 aliphatic carbocycles. The van der Waals surface area contributed by atoms with E-state index in [2.05, 4.69) is 45.7 Å². The zero-order chi connectivity index (χ0) is 22.8. The molecule has 1 saturated heterocycles. The zero-order valence-corrected chi connectivity index (χ0v) is 19.3. The van der Waals surface area contributed by atoms with Crippen LogP contribution in [0.1, 0.15) is 46.6 Å². The summed E-state index contributed by atoms with van der Waals surface area (Å²) >= 11 is 0. The maximum atomic E-state index is 13.1. The number of carbonyl (C=O) groups is 1. The molecular formula is C26H31N5O2. The summed E-state index contributed by atoms with van der Waals surface area (Å²) in [6.45, 7) is 3.97. The number of nitrogens with one attached hydrogen (secondary N) is 1. The van der Waals surface area contributed by atoms with E-state index in [0.717, 1.165) is 56.6 Å². The van der Waals surface area contributed by atoms with Crippen LogP contribution in [0.15, 0.2) is 48.5 Å². The maximum absolute atomic E-state index is 13.1. The number of ether oxygens (including phenoxy) is 1. The summed E-state index contributed by atoms with van der Waals surface area (Å²) in [6, 6.07) is 16.1. The van der Waals surface area contributed by atoms with Gasteiger partial charge >= 0.3 is 0 Å². The summed E-state index contributed by atoms with van der Waals surface area (Å²) in [5.74, 6) is 0.809. The maximum Gasteiger partial charge on any atom is 0.273 e. The summed E-state index contributed by atoms with van der Waals surface area (Å²) in [5.41, 5.74) is 4.40. The van der Waals surface area contributed by atoms with E-state index in [1.54, 1.807) is 0 Å². The molecule has 172 valence electrons. The Labute approximate surface area is 194 Å². The smallest absolute Gasteiger partial charge is 0.273 e. The average molecular weight is 446 g/mol. The number of para-hydroxylation sites is 1. The van der Waals surface area contributed by atoms with Gasteiger partial charge in [-0.3, -0.25) is 4.79 Å². The predicted molar refractivity (Wildman–Crippen MR) is 127 cm³/mol. The summed E-state index contributed by atoms with van der Waals surface area (Å²) in [4.78, 5) is 16.9. The van der Waals surface area contributed by atoms with Crippen molar-refractivity contribution in [3.63, 3.8) is 0 Å². The van der Waals surface area contributed by atoms with E-state index in [4.69, 9.17) is 4.74 Å². The molecule has 2 aromatic carbocycles. The Morgan fingerprint density at radius 1 is 1.03 bits per heavy atom. The van der Waals surface area contributed by atoms with Crippen LogP contribution < -0.4 is 10.1 Å². The molecule has 1 aliphatic heterocycles. The van der Waals surface area contributed by atoms with Crippen molar-refractivity contribution >= 4 is 5.91 Å². The predicted octanol–water partition coefficient (Wildman–Crippen LogP) is 3.34. The molecule has 1 aromatic heterocycles. The van der Waals surface area contributed by atoms with Crippen LogP contribution in [-0.4, -0.2) is 58.1 Å². The highest BCUT2D eigenvalue weighted by Gasteiger charge is 2.27. The second kappa shape index (κ2) is 9.35. The van der Waals surface area contributed by atoms with Gasteiger partial charge in [0.1, 0.15) is 11.9 Å². The van der Waals surface area contributed by atoms with Crippen molar-refractivity contribution in [1.82, 2.24) is 25.2 Å². The van der Waals surface area contributed by atoms with Crippen molar-refractivity contribution in [2.75, 3.05) is 20.1 Å². The molecule has 2 aliphatic rings. The highest BCUT2D eigenvalue weighted by Crippen LogP contribution is 2.31. The molecule has 5 rings (SSSR count). The molecule has 7 heteroatoms. The molecule has 0 radical (unpaired) electrons. The second-order valence-electron chi connectivity index (χ2n) is 9.19. The first kappa shape index (κ1) is 21.6. The van der Waals surface area contributed by atoms with Crippen molar-refractivity contribution < 1.29 is 9.53 Å². The van der Waals surface area contributed by atoms with E-state index in [1.807, 2.05) is 37.3 Å². The number of aryl methyl sites for hydroxylation is 2. The van der Waals surface area contributed by atoms with E-state index in [1.165, 1.54) is 15.9 Å². The Balaban J connectivity index is 1.28. The SMILES string of the molecule is Cc1nn(-c2ccccc2)nc1C(=O)N[C@@H]1CCc2cccc(OC3CCN(C)CC3)c2C1. The normalized spacial score (nSPS) is 19.2. The number of piperidine rings is 1. The summed E-state index contributed by atoms with van der Waals surface area (Å²) in [7, 11) is 2.16. The lowest BCUT2D eigenvalue weighted by atomic mass is 9.87. The number of likely N-dealkylation sites (tertiary alicyclic amines) is 1. The zero-order valence-electron chi connectivity index (χ0n) is 19.3. The van der Waals surface area contributed by atoms with Gasteiger partial charge in [-0.2, -0.15) is 9.90 Å². The number of benzene rings is 2. The van der Waals surface area contributed by atoms with Crippen molar-refractivity contribution in [3.8, 4) is 11.4 Å². The van der Waals surface area contributed by atoms with Gasteiger partial charge in [-0.25, -0.2) is 0 Å². The molecule has 1 N–H and O–H groups in total. The number of rotatable bonds is 5. The molecule has 7 nitrogen and oxygen atoms in total. The number of amides is 1. The molecule has 0 saturated carbocycles. The number of hydrogen-bond donors (Lipinski definition) is 1. The highest BCUT2D eigenvalue weighted by molar-refractivity contribution is 5.93. The molecule has 2 heterocycles. The molecule has 0 spiro atoms. The van der Waals surface area contributed by atoms with E-state index < -0.39 is 0 Å². The van der Waals surface area contributed by atoms with Crippen molar-refractivity contribution in [3.05, 3.63) is 71.0 Å². The topological polar surface area (TPSA) is 72.3 Å². The Bertz CT molecular complexity index is 1120. The van der Waals surface area contributed by atoms with E-state index in [0.29, 0.717) is 11.4 Å². The molecule has 33 heavy (non-hydrogen) atoms. The van der Waals surface area contributed by atoms with Gasteiger partial charge < -0.3 is 15.0 Å². The van der Waals surface area contributed by atoms with E-state index in [9.17, 15) is 4.79 Å². The lowest BCUT2D eigenvalue weighted by molar-refractivity contribution is 0.0925. The van der Waals surface area contributed by atoms with Gasteiger partial charge in [-0.05, 0) is 75.4 Å². The van der Waals surface area contributed by atoms with Crippen molar-refractivity contribution in [2.24, 2.45) is 0 Å². The minimum atomic E-state index is -0.170. The number of hydrogen-bond acceptors (Lipinski definition) is 5. The fourth-order valence-corrected chi connectivity index (χ4v) is 4.79. The third-order valence-corrected chi connectivity index (χ3v) is 6.72. The lowest BCUT2D eigenvalue weighted by Crippen LogP contribution is -2.40. The van der Waals surface area contributed by atoms with Crippen molar-refractivity contribution in [2.45, 2.75) is 51.2 Å². The van der Waals surface area contributed by atoms with Gasteiger partial charge in [0.2, 0.25) is 0 Å². The molecule has 1 atom stereocenters. The Hall–Kier alpha value is -3.19. The second-order valence-corrected chi connectivity index (χ2v) is 9.19. The number of nitrogens with zero attached hydrogens (tertiary/aromatic N) is 4. The third-order valence-electron chi connectivity index (χ3n) is 6.72. The van der Waals surface area contributed by atoms with Crippen LogP contribution in [0.2, 0.25) is 0 Å². The van der Waals surface area contributed by atoms with Crippen LogP contribution in [0.4, 0.5) is 0 Å². The minimum absolute atomic E-state index is 0.0496. The summed E-state index contributed by atoms with van der Waals surface area (Å²) < 4.78 is 6.45. The highest BCUT2D eigenvalue weighted by atomic mass is 16.5. The van der Waals surface area contributed by atoms with Crippen LogP contribution in [0.5, 0.6) is 5.75 Å². The third kappa shape index (κ3) is 4.78. The van der Waals surface area contributed by atoms with Crippen LogP contribution in [0.3, 0.4) is 0 Å². The van der Waals surface area contributed by atoms with Crippen LogP contribution in [0.25, 0.3) is 5.69 Å². The van der Waals surface area contributed by atoms with Crippen molar-refractivity contribution in [1.29, 1.82) is 0 Å². The Morgan fingerprint density at radius 2 is 1.82 bits per heavy atom. The Kier molecular flexibility index (Phi) is 6.13. The van der Waals surface area contributed by atoms with Gasteiger partial charge in [0.25, 0.3) is 5.91 Å². The lowest BCUT2D eigenvalue weighted by Gasteiger charge is -2.32. The fourth-order valence-electron chi connectivity index (χ4n) is 4.79. The quantitative estimate of drug-likeness (QED) is 0.652. The largest absolute Gasteiger partial charge is 0.490 e. The van der Waals surface area contributed by atoms with E-state index >= 15 is 0 Å². The van der Waals surface area contributed by atoms with Gasteiger partial charge in [0.15, 0.2) is 5.69 Å². The van der Waals surface area contributed by atoms with Gasteiger partial charge in [0, 0.05) is 19.1 Å². The fraction of sp³-hybridized carbons (Fsp3) is 0.423. The molecule has 0 unspecified atom stereocenters. The molecule has 1 fully saturated rings. The molecule has 3 aromatic rings. The van der Waals surface area contributed by atoms with E-state index in [-0.39, 0.29) is 18.1 Å². The molecule has 0 bridgehead atoms. The number of carbonyl (C=O) groups excluding carboxylic acids is 1. The monoisotopic (exact) mass is 445 g/mol. The van der Waals surface area contributed by atoms with Gasteiger partial charge in [0.05, 0.1) is 11.4 Å². The minimum Gasteiger partial charge on any atom is -0.490 e. The molecular weight excluding hydrogens is 414 g/mol. The van der Waals surface area contributed by atoms with Crippen LogP contribution in [-0.2, 0) is 12.8 Å². The summed E-state index contributed by atoms with van der Waals surface area (Å²) in [5, 5.41) is 12.1. The first-order valence-electron chi connectivity index (χ1n) is 11.8. The first-order chi connectivity index (χ1) is 16.1. The first-order valence-corrected chi connectivity index (χ1v) is 11.8. The molecule has 1 amide bonds. The van der Waals surface area contributed by atoms with Crippen LogP contribution >= 0.6 is 0 Å². The summed E-state index contributed by atoms with van der Waals surface area (Å²) in [6.07, 6.45) is 4.98.